The lowest BCUT2D eigenvalue weighted by Crippen LogP contribution is -2.25. The number of nitrogens with zero attached hydrogens (tertiary/aromatic N) is 2. The molecule has 1 rings (SSSR count). The van der Waals surface area contributed by atoms with Crippen molar-refractivity contribution in [3.63, 3.8) is 0 Å². The molecule has 108 valence electrons. The van der Waals surface area contributed by atoms with Gasteiger partial charge in [0.15, 0.2) is 0 Å². The fourth-order valence-corrected chi connectivity index (χ4v) is 1.52. The first kappa shape index (κ1) is 15.7. The lowest BCUT2D eigenvalue weighted by Gasteiger charge is -2.10. The van der Waals surface area contributed by atoms with Gasteiger partial charge in [0.25, 0.3) is 5.56 Å². The van der Waals surface area contributed by atoms with E-state index in [4.69, 9.17) is 4.74 Å². The maximum atomic E-state index is 11.8. The third-order valence-electron chi connectivity index (χ3n) is 2.67. The molecule has 1 heterocycles. The normalized spacial score (nSPS) is 10.9. The largest absolute Gasteiger partial charge is 0.383 e. The molecule has 0 fully saturated rings. The number of hydrogen-bond donors (Lipinski definition) is 1. The zero-order chi connectivity index (χ0) is 14.1. The number of unbranched alkanes of at least 4 members (excludes halogenated alkanes) is 1. The highest BCUT2D eigenvalue weighted by molar-refractivity contribution is 5.38. The molecule has 5 nitrogen and oxygen atoms in total. The van der Waals surface area contributed by atoms with E-state index in [1.54, 1.807) is 12.3 Å². The highest BCUT2D eigenvalue weighted by Crippen LogP contribution is 2.01. The molecule has 0 unspecified atom stereocenters. The Labute approximate surface area is 115 Å². The van der Waals surface area contributed by atoms with E-state index in [1.165, 1.54) is 4.68 Å². The van der Waals surface area contributed by atoms with Crippen molar-refractivity contribution in [3.8, 4) is 0 Å². The van der Waals surface area contributed by atoms with Crippen LogP contribution in [0, 0.1) is 5.92 Å². The summed E-state index contributed by atoms with van der Waals surface area (Å²) in [6.07, 6.45) is 3.87. The van der Waals surface area contributed by atoms with Crippen LogP contribution in [-0.2, 0) is 11.3 Å². The zero-order valence-corrected chi connectivity index (χ0v) is 12.2. The van der Waals surface area contributed by atoms with E-state index in [1.807, 2.05) is 0 Å². The van der Waals surface area contributed by atoms with E-state index in [2.05, 4.69) is 31.2 Å². The van der Waals surface area contributed by atoms with Gasteiger partial charge in [-0.05, 0) is 12.3 Å². The van der Waals surface area contributed by atoms with E-state index < -0.39 is 0 Å². The summed E-state index contributed by atoms with van der Waals surface area (Å²) < 4.78 is 6.86. The standard InChI is InChI=1S/C14H25N3O2/c1-4-5-7-19-8-6-17-14(18)9-13(11-16-17)15-10-12(2)3/h9,11-12,15H,4-8,10H2,1-3H3. The number of rotatable bonds is 9. The van der Waals surface area contributed by atoms with Crippen molar-refractivity contribution in [1.82, 2.24) is 9.78 Å². The summed E-state index contributed by atoms with van der Waals surface area (Å²) in [7, 11) is 0. The topological polar surface area (TPSA) is 56.1 Å². The Morgan fingerprint density at radius 2 is 2.21 bits per heavy atom. The molecular weight excluding hydrogens is 242 g/mol. The maximum Gasteiger partial charge on any atom is 0.268 e. The lowest BCUT2D eigenvalue weighted by atomic mass is 10.2. The Bertz CT molecular complexity index is 415. The summed E-state index contributed by atoms with van der Waals surface area (Å²) in [4.78, 5) is 11.8. The zero-order valence-electron chi connectivity index (χ0n) is 12.2. The molecule has 0 saturated heterocycles. The highest BCUT2D eigenvalue weighted by atomic mass is 16.5. The van der Waals surface area contributed by atoms with Gasteiger partial charge in [-0.3, -0.25) is 4.79 Å². The SMILES string of the molecule is CCCCOCCn1ncc(NCC(C)C)cc1=O. The predicted octanol–water partition coefficient (Wildman–Crippen LogP) is 2.13. The Balaban J connectivity index is 2.41. The van der Waals surface area contributed by atoms with Crippen molar-refractivity contribution in [3.05, 3.63) is 22.6 Å². The molecule has 0 spiro atoms. The Morgan fingerprint density at radius 3 is 2.84 bits per heavy atom. The number of anilines is 1. The van der Waals surface area contributed by atoms with Gasteiger partial charge in [-0.1, -0.05) is 27.2 Å². The van der Waals surface area contributed by atoms with E-state index in [0.717, 1.165) is 31.7 Å². The van der Waals surface area contributed by atoms with Gasteiger partial charge in [0, 0.05) is 19.2 Å². The Morgan fingerprint density at radius 1 is 1.42 bits per heavy atom. The molecule has 0 bridgehead atoms. The van der Waals surface area contributed by atoms with Crippen molar-refractivity contribution in [1.29, 1.82) is 0 Å². The van der Waals surface area contributed by atoms with Crippen LogP contribution in [0.5, 0.6) is 0 Å². The quantitative estimate of drug-likeness (QED) is 0.696. The van der Waals surface area contributed by atoms with Crippen LogP contribution in [0.2, 0.25) is 0 Å². The molecule has 0 aliphatic carbocycles. The average molecular weight is 267 g/mol. The highest BCUT2D eigenvalue weighted by Gasteiger charge is 2.01. The van der Waals surface area contributed by atoms with Gasteiger partial charge < -0.3 is 10.1 Å². The van der Waals surface area contributed by atoms with Gasteiger partial charge in [-0.2, -0.15) is 5.10 Å². The van der Waals surface area contributed by atoms with Crippen LogP contribution in [0.4, 0.5) is 5.69 Å². The summed E-state index contributed by atoms with van der Waals surface area (Å²) in [5.41, 5.74) is 0.690. The minimum absolute atomic E-state index is 0.0900. The van der Waals surface area contributed by atoms with Gasteiger partial charge in [0.05, 0.1) is 25.0 Å². The summed E-state index contributed by atoms with van der Waals surface area (Å²) in [5.74, 6) is 0.536. The third-order valence-corrected chi connectivity index (χ3v) is 2.67. The van der Waals surface area contributed by atoms with Crippen molar-refractivity contribution in [2.24, 2.45) is 5.92 Å². The molecule has 0 atom stereocenters. The van der Waals surface area contributed by atoms with Crippen molar-refractivity contribution < 1.29 is 4.74 Å². The molecule has 0 aromatic carbocycles. The molecule has 1 aromatic rings. The smallest absolute Gasteiger partial charge is 0.268 e. The summed E-state index contributed by atoms with van der Waals surface area (Å²) >= 11 is 0. The second-order valence-electron chi connectivity index (χ2n) is 5.05. The van der Waals surface area contributed by atoms with Crippen molar-refractivity contribution >= 4 is 5.69 Å². The molecule has 1 aromatic heterocycles. The lowest BCUT2D eigenvalue weighted by molar-refractivity contribution is 0.120. The number of aromatic nitrogens is 2. The van der Waals surface area contributed by atoms with Crippen LogP contribution in [0.15, 0.2) is 17.1 Å². The second kappa shape index (κ2) is 8.69. The fourth-order valence-electron chi connectivity index (χ4n) is 1.52. The minimum Gasteiger partial charge on any atom is -0.383 e. The first-order valence-electron chi connectivity index (χ1n) is 7.02. The van der Waals surface area contributed by atoms with E-state index in [0.29, 0.717) is 19.1 Å². The first-order valence-corrected chi connectivity index (χ1v) is 7.02. The molecule has 19 heavy (non-hydrogen) atoms. The van der Waals surface area contributed by atoms with Crippen LogP contribution < -0.4 is 10.9 Å². The summed E-state index contributed by atoms with van der Waals surface area (Å²) in [6.45, 7) is 8.99. The van der Waals surface area contributed by atoms with Gasteiger partial charge in [0.1, 0.15) is 0 Å². The van der Waals surface area contributed by atoms with Crippen LogP contribution in [0.3, 0.4) is 0 Å². The molecule has 0 saturated carbocycles. The van der Waals surface area contributed by atoms with Crippen molar-refractivity contribution in [2.45, 2.75) is 40.2 Å². The average Bonchev–Trinajstić information content (AvgIpc) is 2.38. The van der Waals surface area contributed by atoms with Crippen molar-refractivity contribution in [2.75, 3.05) is 25.1 Å². The van der Waals surface area contributed by atoms with Gasteiger partial charge >= 0.3 is 0 Å². The summed E-state index contributed by atoms with van der Waals surface area (Å²) in [5, 5.41) is 7.32. The molecule has 0 aliphatic rings. The Kier molecular flexibility index (Phi) is 7.18. The van der Waals surface area contributed by atoms with Crippen LogP contribution in [-0.4, -0.2) is 29.5 Å². The maximum absolute atomic E-state index is 11.8. The molecular formula is C14H25N3O2. The molecule has 1 N–H and O–H groups in total. The minimum atomic E-state index is -0.0900. The van der Waals surface area contributed by atoms with Gasteiger partial charge in [-0.25, -0.2) is 4.68 Å². The summed E-state index contributed by atoms with van der Waals surface area (Å²) in [6, 6.07) is 1.58. The third kappa shape index (κ3) is 6.38. The first-order chi connectivity index (χ1) is 9.13. The molecule has 0 amide bonds. The van der Waals surface area contributed by atoms with E-state index >= 15 is 0 Å². The fraction of sp³-hybridized carbons (Fsp3) is 0.714. The van der Waals surface area contributed by atoms with Gasteiger partial charge in [-0.15, -0.1) is 0 Å². The molecule has 0 radical (unpaired) electrons. The monoisotopic (exact) mass is 267 g/mol. The van der Waals surface area contributed by atoms with Crippen LogP contribution in [0.1, 0.15) is 33.6 Å². The Hall–Kier alpha value is -1.36. The van der Waals surface area contributed by atoms with Crippen LogP contribution in [0.25, 0.3) is 0 Å². The predicted molar refractivity (Wildman–Crippen MR) is 77.6 cm³/mol. The number of nitrogens with one attached hydrogen (secondary N) is 1. The van der Waals surface area contributed by atoms with Crippen LogP contribution >= 0.6 is 0 Å². The molecule has 0 aliphatic heterocycles. The van der Waals surface area contributed by atoms with Gasteiger partial charge in [0.2, 0.25) is 0 Å². The molecule has 5 heteroatoms. The van der Waals surface area contributed by atoms with E-state index in [9.17, 15) is 4.79 Å². The number of ether oxygens (including phenoxy) is 1. The van der Waals surface area contributed by atoms with E-state index in [-0.39, 0.29) is 5.56 Å². The number of hydrogen-bond acceptors (Lipinski definition) is 4. The second-order valence-corrected chi connectivity index (χ2v) is 5.05.